The molecule has 1 unspecified atom stereocenters. The molecule has 0 spiro atoms. The minimum absolute atomic E-state index is 0.0874. The van der Waals surface area contributed by atoms with E-state index in [2.05, 4.69) is 12.1 Å². The van der Waals surface area contributed by atoms with Gasteiger partial charge in [0.15, 0.2) is 5.78 Å². The van der Waals surface area contributed by atoms with Crippen molar-refractivity contribution >= 4 is 23.1 Å². The fourth-order valence-corrected chi connectivity index (χ4v) is 4.56. The summed E-state index contributed by atoms with van der Waals surface area (Å²) in [4.78, 5) is 15.0. The van der Waals surface area contributed by atoms with E-state index >= 15 is 0 Å². The fraction of sp³-hybridized carbons (Fsp3) is 0.250. The Labute approximate surface area is 175 Å². The summed E-state index contributed by atoms with van der Waals surface area (Å²) in [5.41, 5.74) is 12.4. The van der Waals surface area contributed by atoms with Gasteiger partial charge in [-0.2, -0.15) is 5.26 Å². The van der Waals surface area contributed by atoms with E-state index in [9.17, 15) is 10.1 Å². The number of hydrogen-bond acceptors (Lipinski definition) is 4. The first-order chi connectivity index (χ1) is 13.9. The van der Waals surface area contributed by atoms with Crippen LogP contribution < -0.4 is 10.6 Å². The van der Waals surface area contributed by atoms with Crippen LogP contribution >= 0.6 is 11.6 Å². The molecule has 4 rings (SSSR count). The minimum Gasteiger partial charge on any atom is -0.384 e. The van der Waals surface area contributed by atoms with Gasteiger partial charge < -0.3 is 5.73 Å². The number of Topliss-reactive ketones (excluding diaryl/α,β-unsaturated/α-hetero) is 1. The van der Waals surface area contributed by atoms with Gasteiger partial charge in [0.1, 0.15) is 5.82 Å². The molecule has 2 aromatic rings. The van der Waals surface area contributed by atoms with Crippen LogP contribution in [0.1, 0.15) is 41.9 Å². The van der Waals surface area contributed by atoms with Crippen molar-refractivity contribution in [2.24, 2.45) is 5.73 Å². The Hall–Kier alpha value is -3.03. The second-order valence-electron chi connectivity index (χ2n) is 7.66. The van der Waals surface area contributed by atoms with Gasteiger partial charge >= 0.3 is 0 Å². The summed E-state index contributed by atoms with van der Waals surface area (Å²) in [5, 5.41) is 10.7. The van der Waals surface area contributed by atoms with Crippen LogP contribution in [-0.4, -0.2) is 5.78 Å². The van der Waals surface area contributed by atoms with Crippen LogP contribution in [0.2, 0.25) is 5.02 Å². The number of allylic oxidation sites excluding steroid dienone is 3. The molecule has 0 saturated heterocycles. The quantitative estimate of drug-likeness (QED) is 0.742. The number of anilines is 1. The lowest BCUT2D eigenvalue weighted by atomic mass is 9.74. The third-order valence-electron chi connectivity index (χ3n) is 5.73. The molecule has 146 valence electrons. The molecule has 0 radical (unpaired) electrons. The Kier molecular flexibility index (Phi) is 4.94. The van der Waals surface area contributed by atoms with E-state index in [-0.39, 0.29) is 5.78 Å². The summed E-state index contributed by atoms with van der Waals surface area (Å²) >= 11 is 6.22. The summed E-state index contributed by atoms with van der Waals surface area (Å²) < 4.78 is 0. The minimum atomic E-state index is -0.432. The lowest BCUT2D eigenvalue weighted by Gasteiger charge is -2.40. The van der Waals surface area contributed by atoms with Gasteiger partial charge in [-0.1, -0.05) is 41.4 Å². The van der Waals surface area contributed by atoms with Crippen LogP contribution in [0.5, 0.6) is 0 Å². The molecule has 0 fully saturated rings. The molecule has 4 nitrogen and oxygen atoms in total. The number of carbonyl (C=O) groups is 1. The number of nitrogens with zero attached hydrogens (tertiary/aromatic N) is 2. The number of ketones is 1. The van der Waals surface area contributed by atoms with Crippen molar-refractivity contribution in [3.05, 3.63) is 86.8 Å². The van der Waals surface area contributed by atoms with Gasteiger partial charge in [-0.25, -0.2) is 0 Å². The molecule has 1 heterocycles. The Balaban J connectivity index is 2.01. The maximum absolute atomic E-state index is 13.1. The standard InChI is InChI=1S/C24H22ClN3O/c1-14-9-10-15(2)18(11-14)22-19(13-26)24(27)28(17-6-3-5-16(25)12-17)20-7-4-8-21(29)23(20)22/h3,5-6,9-12,22H,4,7-8,27H2,1-2H3. The van der Waals surface area contributed by atoms with Crippen molar-refractivity contribution in [3.8, 4) is 6.07 Å². The van der Waals surface area contributed by atoms with Crippen molar-refractivity contribution in [3.63, 3.8) is 0 Å². The zero-order chi connectivity index (χ0) is 20.7. The number of rotatable bonds is 2. The number of aryl methyl sites for hydroxylation is 2. The van der Waals surface area contributed by atoms with Crippen LogP contribution in [0.25, 0.3) is 0 Å². The largest absolute Gasteiger partial charge is 0.384 e. The van der Waals surface area contributed by atoms with E-state index in [0.29, 0.717) is 28.4 Å². The lowest BCUT2D eigenvalue weighted by Crippen LogP contribution is -2.38. The first-order valence-electron chi connectivity index (χ1n) is 9.71. The van der Waals surface area contributed by atoms with E-state index < -0.39 is 5.92 Å². The normalized spacial score (nSPS) is 19.3. The third kappa shape index (κ3) is 3.22. The van der Waals surface area contributed by atoms with Crippen molar-refractivity contribution in [1.29, 1.82) is 5.26 Å². The number of nitriles is 1. The number of benzene rings is 2. The Morgan fingerprint density at radius 2 is 1.97 bits per heavy atom. The van der Waals surface area contributed by atoms with Gasteiger partial charge in [-0.15, -0.1) is 0 Å². The molecule has 1 atom stereocenters. The summed E-state index contributed by atoms with van der Waals surface area (Å²) in [7, 11) is 0. The molecule has 2 N–H and O–H groups in total. The van der Waals surface area contributed by atoms with Gasteiger partial charge in [0, 0.05) is 28.4 Å². The molecule has 0 aromatic heterocycles. The topological polar surface area (TPSA) is 70.1 Å². The Morgan fingerprint density at radius 1 is 1.17 bits per heavy atom. The molecular weight excluding hydrogens is 382 g/mol. The van der Waals surface area contributed by atoms with Crippen molar-refractivity contribution in [2.45, 2.75) is 39.0 Å². The van der Waals surface area contributed by atoms with E-state index in [1.54, 1.807) is 6.07 Å². The predicted octanol–water partition coefficient (Wildman–Crippen LogP) is 5.26. The van der Waals surface area contributed by atoms with Crippen molar-refractivity contribution in [1.82, 2.24) is 0 Å². The zero-order valence-electron chi connectivity index (χ0n) is 16.5. The van der Waals surface area contributed by atoms with Crippen LogP contribution in [0, 0.1) is 25.2 Å². The average Bonchev–Trinajstić information content (AvgIpc) is 2.69. The maximum Gasteiger partial charge on any atom is 0.161 e. The number of carbonyl (C=O) groups excluding carboxylic acids is 1. The molecule has 1 aliphatic heterocycles. The highest BCUT2D eigenvalue weighted by atomic mass is 35.5. The number of halogens is 1. The van der Waals surface area contributed by atoms with E-state index in [1.165, 1.54) is 0 Å². The highest BCUT2D eigenvalue weighted by molar-refractivity contribution is 6.30. The smallest absolute Gasteiger partial charge is 0.161 e. The number of nitrogens with two attached hydrogens (primary N) is 1. The van der Waals surface area contributed by atoms with Crippen LogP contribution in [0.15, 0.2) is 65.1 Å². The van der Waals surface area contributed by atoms with Gasteiger partial charge in [0.05, 0.1) is 17.6 Å². The fourth-order valence-electron chi connectivity index (χ4n) is 4.38. The number of hydrogen-bond donors (Lipinski definition) is 1. The first-order valence-corrected chi connectivity index (χ1v) is 10.1. The molecular formula is C24H22ClN3O. The van der Waals surface area contributed by atoms with Crippen LogP contribution in [0.4, 0.5) is 5.69 Å². The molecule has 1 aliphatic carbocycles. The van der Waals surface area contributed by atoms with Crippen molar-refractivity contribution < 1.29 is 4.79 Å². The van der Waals surface area contributed by atoms with Gasteiger partial charge in [-0.05, 0) is 56.0 Å². The molecule has 5 heteroatoms. The molecule has 2 aromatic carbocycles. The predicted molar refractivity (Wildman–Crippen MR) is 115 cm³/mol. The van der Waals surface area contributed by atoms with Crippen LogP contribution in [-0.2, 0) is 4.79 Å². The Bertz CT molecular complexity index is 1120. The summed E-state index contributed by atoms with van der Waals surface area (Å²) in [6.45, 7) is 4.03. The monoisotopic (exact) mass is 403 g/mol. The second kappa shape index (κ2) is 7.42. The molecule has 0 bridgehead atoms. The van der Waals surface area contributed by atoms with Crippen molar-refractivity contribution in [2.75, 3.05) is 4.90 Å². The van der Waals surface area contributed by atoms with Gasteiger partial charge in [0.2, 0.25) is 0 Å². The molecule has 0 amide bonds. The molecule has 0 saturated carbocycles. The molecule has 29 heavy (non-hydrogen) atoms. The lowest BCUT2D eigenvalue weighted by molar-refractivity contribution is -0.116. The average molecular weight is 404 g/mol. The van der Waals surface area contributed by atoms with E-state index in [0.717, 1.165) is 40.9 Å². The zero-order valence-corrected chi connectivity index (χ0v) is 17.3. The highest BCUT2D eigenvalue weighted by Crippen LogP contribution is 2.47. The Morgan fingerprint density at radius 3 is 2.69 bits per heavy atom. The second-order valence-corrected chi connectivity index (χ2v) is 8.09. The van der Waals surface area contributed by atoms with Gasteiger partial charge in [-0.3, -0.25) is 9.69 Å². The van der Waals surface area contributed by atoms with Crippen LogP contribution in [0.3, 0.4) is 0 Å². The highest BCUT2D eigenvalue weighted by Gasteiger charge is 2.40. The first kappa shape index (κ1) is 19.3. The molecule has 2 aliphatic rings. The van der Waals surface area contributed by atoms with Gasteiger partial charge in [0.25, 0.3) is 0 Å². The SMILES string of the molecule is Cc1ccc(C)c(C2C(C#N)=C(N)N(c3cccc(Cl)c3)C3=C2C(=O)CCC3)c1. The van der Waals surface area contributed by atoms with E-state index in [1.807, 2.05) is 49.1 Å². The summed E-state index contributed by atoms with van der Waals surface area (Å²) in [6.07, 6.45) is 1.99. The summed E-state index contributed by atoms with van der Waals surface area (Å²) in [6, 6.07) is 15.8. The van der Waals surface area contributed by atoms with E-state index in [4.69, 9.17) is 17.3 Å². The summed E-state index contributed by atoms with van der Waals surface area (Å²) in [5.74, 6) is 0.0247. The third-order valence-corrected chi connectivity index (χ3v) is 5.96. The maximum atomic E-state index is 13.1.